The van der Waals surface area contributed by atoms with Gasteiger partial charge in [-0.1, -0.05) is 6.07 Å². The van der Waals surface area contributed by atoms with Gasteiger partial charge >= 0.3 is 0 Å². The van der Waals surface area contributed by atoms with E-state index in [0.717, 1.165) is 23.1 Å². The second-order valence-electron chi connectivity index (χ2n) is 7.23. The number of nitrogens with one attached hydrogen (secondary N) is 1. The van der Waals surface area contributed by atoms with E-state index >= 15 is 0 Å². The van der Waals surface area contributed by atoms with Gasteiger partial charge in [0.05, 0.1) is 14.2 Å². The van der Waals surface area contributed by atoms with Gasteiger partial charge in [-0.25, -0.2) is 0 Å². The van der Waals surface area contributed by atoms with Crippen molar-refractivity contribution in [3.8, 4) is 11.5 Å². The minimum absolute atomic E-state index is 0.441. The molecule has 1 atom stereocenters. The van der Waals surface area contributed by atoms with E-state index < -0.39 is 11.4 Å². The fourth-order valence-electron chi connectivity index (χ4n) is 3.64. The average molecular weight is 421 g/mol. The first-order chi connectivity index (χ1) is 15.1. The number of carbonyl (C=O) groups is 1. The smallest absolute Gasteiger partial charge is 0.242 e. The minimum Gasteiger partial charge on any atom is -0.493 e. The molecule has 0 saturated heterocycles. The molecule has 0 bridgehead atoms. The Labute approximate surface area is 182 Å². The molecule has 0 radical (unpaired) electrons. The van der Waals surface area contributed by atoms with Crippen LogP contribution in [-0.2, 0) is 23.2 Å². The van der Waals surface area contributed by atoms with Crippen molar-refractivity contribution >= 4 is 5.91 Å². The molecule has 162 valence electrons. The van der Waals surface area contributed by atoms with Crippen molar-refractivity contribution in [2.24, 2.45) is 5.73 Å². The standard InChI is InChI=1S/C24H28N4O3/c1-30-21-4-3-20(17-22(21)31-2)24(23(25)29,11-5-18-6-12-26-13-7-18)28-16-10-19-8-14-27-15-9-19/h3-4,6-9,12-15,17,28H,5,10-11,16H2,1-2H3,(H2,25,29). The molecule has 3 aromatic rings. The highest BCUT2D eigenvalue weighted by Crippen LogP contribution is 2.34. The molecule has 3 N–H and O–H groups in total. The topological polar surface area (TPSA) is 99.4 Å². The zero-order valence-electron chi connectivity index (χ0n) is 17.9. The SMILES string of the molecule is COc1ccc(C(CCc2ccncc2)(NCCc2ccncc2)C(N)=O)cc1OC. The number of nitrogens with zero attached hydrogens (tertiary/aromatic N) is 2. The van der Waals surface area contributed by atoms with Crippen LogP contribution in [0.25, 0.3) is 0 Å². The fourth-order valence-corrected chi connectivity index (χ4v) is 3.64. The Morgan fingerprint density at radius 2 is 1.48 bits per heavy atom. The highest BCUT2D eigenvalue weighted by atomic mass is 16.5. The van der Waals surface area contributed by atoms with Crippen LogP contribution >= 0.6 is 0 Å². The molecule has 0 spiro atoms. The molecule has 7 heteroatoms. The summed E-state index contributed by atoms with van der Waals surface area (Å²) >= 11 is 0. The number of benzene rings is 1. The maximum Gasteiger partial charge on any atom is 0.242 e. The Hall–Kier alpha value is -3.45. The monoisotopic (exact) mass is 420 g/mol. The van der Waals surface area contributed by atoms with E-state index in [2.05, 4.69) is 15.3 Å². The number of methoxy groups -OCH3 is 2. The fraction of sp³-hybridized carbons (Fsp3) is 0.292. The van der Waals surface area contributed by atoms with Crippen LogP contribution in [0.2, 0.25) is 0 Å². The van der Waals surface area contributed by atoms with Crippen molar-refractivity contribution in [2.45, 2.75) is 24.8 Å². The molecule has 0 aliphatic carbocycles. The summed E-state index contributed by atoms with van der Waals surface area (Å²) in [6, 6.07) is 13.3. The molecular formula is C24H28N4O3. The number of aryl methyl sites for hydroxylation is 1. The summed E-state index contributed by atoms with van der Waals surface area (Å²) in [5, 5.41) is 3.45. The van der Waals surface area contributed by atoms with E-state index in [1.165, 1.54) is 0 Å². The number of rotatable bonds is 11. The Balaban J connectivity index is 1.92. The number of primary amides is 1. The molecule has 1 amide bonds. The number of aromatic nitrogens is 2. The van der Waals surface area contributed by atoms with E-state index in [1.54, 1.807) is 45.1 Å². The lowest BCUT2D eigenvalue weighted by Gasteiger charge is -2.33. The van der Waals surface area contributed by atoms with E-state index in [9.17, 15) is 4.79 Å². The predicted octanol–water partition coefficient (Wildman–Crippen LogP) is 2.64. The summed E-state index contributed by atoms with van der Waals surface area (Å²) in [5.74, 6) is 0.699. The van der Waals surface area contributed by atoms with Crippen molar-refractivity contribution in [1.82, 2.24) is 15.3 Å². The Kier molecular flexibility index (Phi) is 7.56. The van der Waals surface area contributed by atoms with Gasteiger partial charge in [-0.15, -0.1) is 0 Å². The Morgan fingerprint density at radius 1 is 0.903 bits per heavy atom. The lowest BCUT2D eigenvalue weighted by molar-refractivity contribution is -0.125. The van der Waals surface area contributed by atoms with Crippen molar-refractivity contribution in [3.63, 3.8) is 0 Å². The van der Waals surface area contributed by atoms with Gasteiger partial charge in [0.15, 0.2) is 11.5 Å². The third kappa shape index (κ3) is 5.38. The molecule has 0 saturated carbocycles. The zero-order valence-corrected chi connectivity index (χ0v) is 17.9. The molecule has 0 aliphatic heterocycles. The number of amides is 1. The second-order valence-corrected chi connectivity index (χ2v) is 7.23. The Bertz CT molecular complexity index is 983. The molecule has 0 aliphatic rings. The number of carbonyl (C=O) groups excluding carboxylic acids is 1. The molecular weight excluding hydrogens is 392 g/mol. The van der Waals surface area contributed by atoms with Crippen LogP contribution in [-0.4, -0.2) is 36.6 Å². The lowest BCUT2D eigenvalue weighted by atomic mass is 9.83. The van der Waals surface area contributed by atoms with E-state index in [-0.39, 0.29) is 0 Å². The number of hydrogen-bond acceptors (Lipinski definition) is 6. The van der Waals surface area contributed by atoms with Crippen LogP contribution in [0.15, 0.2) is 67.3 Å². The van der Waals surface area contributed by atoms with E-state index in [1.807, 2.05) is 36.4 Å². The summed E-state index contributed by atoms with van der Waals surface area (Å²) < 4.78 is 10.8. The molecule has 2 heterocycles. The molecule has 1 aromatic carbocycles. The van der Waals surface area contributed by atoms with Crippen LogP contribution < -0.4 is 20.5 Å². The van der Waals surface area contributed by atoms with Crippen molar-refractivity contribution in [3.05, 3.63) is 83.9 Å². The summed E-state index contributed by atoms with van der Waals surface area (Å²) in [5.41, 5.74) is 7.89. The van der Waals surface area contributed by atoms with Gasteiger partial charge in [-0.3, -0.25) is 20.1 Å². The summed E-state index contributed by atoms with van der Waals surface area (Å²) in [6.07, 6.45) is 8.88. The lowest BCUT2D eigenvalue weighted by Crippen LogP contribution is -2.53. The van der Waals surface area contributed by atoms with Crippen LogP contribution in [0.3, 0.4) is 0 Å². The van der Waals surface area contributed by atoms with Gasteiger partial charge in [-0.05, 0) is 72.4 Å². The second kappa shape index (κ2) is 10.5. The van der Waals surface area contributed by atoms with Gasteiger partial charge in [0, 0.05) is 31.3 Å². The van der Waals surface area contributed by atoms with Crippen molar-refractivity contribution < 1.29 is 14.3 Å². The predicted molar refractivity (Wildman–Crippen MR) is 119 cm³/mol. The van der Waals surface area contributed by atoms with Crippen LogP contribution in [0.4, 0.5) is 0 Å². The molecule has 3 rings (SSSR count). The third-order valence-electron chi connectivity index (χ3n) is 5.42. The minimum atomic E-state index is -1.07. The van der Waals surface area contributed by atoms with Gasteiger partial charge in [0.2, 0.25) is 5.91 Å². The van der Waals surface area contributed by atoms with E-state index in [0.29, 0.717) is 30.9 Å². The van der Waals surface area contributed by atoms with Crippen molar-refractivity contribution in [1.29, 1.82) is 0 Å². The molecule has 1 unspecified atom stereocenters. The largest absolute Gasteiger partial charge is 0.493 e. The van der Waals surface area contributed by atoms with Crippen LogP contribution in [0.1, 0.15) is 23.1 Å². The van der Waals surface area contributed by atoms with Gasteiger partial charge in [-0.2, -0.15) is 0 Å². The highest BCUT2D eigenvalue weighted by molar-refractivity contribution is 5.86. The number of pyridine rings is 2. The molecule has 2 aromatic heterocycles. The summed E-state index contributed by atoms with van der Waals surface area (Å²) in [4.78, 5) is 21.0. The highest BCUT2D eigenvalue weighted by Gasteiger charge is 2.38. The van der Waals surface area contributed by atoms with Crippen LogP contribution in [0.5, 0.6) is 11.5 Å². The average Bonchev–Trinajstić information content (AvgIpc) is 2.82. The maximum atomic E-state index is 12.9. The molecule has 0 fully saturated rings. The van der Waals surface area contributed by atoms with Gasteiger partial charge < -0.3 is 15.2 Å². The quantitative estimate of drug-likeness (QED) is 0.495. The van der Waals surface area contributed by atoms with Gasteiger partial charge in [0.25, 0.3) is 0 Å². The molecule has 31 heavy (non-hydrogen) atoms. The first kappa shape index (κ1) is 22.2. The van der Waals surface area contributed by atoms with Gasteiger partial charge in [0.1, 0.15) is 5.54 Å². The number of nitrogens with two attached hydrogens (primary N) is 1. The zero-order chi connectivity index (χ0) is 22.1. The Morgan fingerprint density at radius 3 is 2.03 bits per heavy atom. The maximum absolute atomic E-state index is 12.9. The normalized spacial score (nSPS) is 12.7. The molecule has 7 nitrogen and oxygen atoms in total. The first-order valence-electron chi connectivity index (χ1n) is 10.1. The summed E-state index contributed by atoms with van der Waals surface area (Å²) in [6.45, 7) is 0.567. The van der Waals surface area contributed by atoms with Crippen LogP contribution in [0, 0.1) is 0 Å². The first-order valence-corrected chi connectivity index (χ1v) is 10.1. The number of ether oxygens (including phenoxy) is 2. The van der Waals surface area contributed by atoms with E-state index in [4.69, 9.17) is 15.2 Å². The third-order valence-corrected chi connectivity index (χ3v) is 5.42. The summed E-state index contributed by atoms with van der Waals surface area (Å²) in [7, 11) is 3.15. The number of hydrogen-bond donors (Lipinski definition) is 2. The van der Waals surface area contributed by atoms with Crippen molar-refractivity contribution in [2.75, 3.05) is 20.8 Å².